The lowest BCUT2D eigenvalue weighted by Gasteiger charge is -2.10. The Morgan fingerprint density at radius 2 is 1.86 bits per heavy atom. The zero-order chi connectivity index (χ0) is 15.0. The summed E-state index contributed by atoms with van der Waals surface area (Å²) in [5.74, 6) is 0.686. The topological polar surface area (TPSA) is 25.8 Å². The fourth-order valence-electron chi connectivity index (χ4n) is 2.44. The van der Waals surface area contributed by atoms with Crippen molar-refractivity contribution in [1.82, 2.24) is 9.97 Å². The number of hydrogen-bond donors (Lipinski definition) is 0. The molecule has 0 unspecified atom stereocenters. The van der Waals surface area contributed by atoms with Gasteiger partial charge in [0.05, 0.1) is 5.52 Å². The van der Waals surface area contributed by atoms with E-state index in [1.165, 1.54) is 5.56 Å². The van der Waals surface area contributed by atoms with E-state index in [1.54, 1.807) is 0 Å². The average Bonchev–Trinajstić information content (AvgIpc) is 2.51. The zero-order valence-corrected chi connectivity index (χ0v) is 14.2. The highest BCUT2D eigenvalue weighted by molar-refractivity contribution is 9.10. The van der Waals surface area contributed by atoms with Crippen molar-refractivity contribution in [3.05, 3.63) is 57.2 Å². The monoisotopic (exact) mass is 360 g/mol. The summed E-state index contributed by atoms with van der Waals surface area (Å²) in [6.45, 7) is 4.16. The molecule has 0 atom stereocenters. The van der Waals surface area contributed by atoms with E-state index in [0.29, 0.717) is 11.0 Å². The van der Waals surface area contributed by atoms with Crippen LogP contribution < -0.4 is 0 Å². The third-order valence-electron chi connectivity index (χ3n) is 3.65. The van der Waals surface area contributed by atoms with E-state index < -0.39 is 0 Å². The second kappa shape index (κ2) is 5.74. The summed E-state index contributed by atoms with van der Waals surface area (Å²) in [7, 11) is 0. The molecule has 2 aromatic carbocycles. The van der Waals surface area contributed by atoms with Crippen LogP contribution in [0.15, 0.2) is 40.9 Å². The lowest BCUT2D eigenvalue weighted by molar-refractivity contribution is 1.12. The molecule has 106 valence electrons. The highest BCUT2D eigenvalue weighted by Crippen LogP contribution is 2.31. The first-order valence-electron chi connectivity index (χ1n) is 6.82. The zero-order valence-electron chi connectivity index (χ0n) is 11.8. The highest BCUT2D eigenvalue weighted by Gasteiger charge is 2.13. The number of hydrogen-bond acceptors (Lipinski definition) is 2. The molecule has 3 rings (SSSR count). The fourth-order valence-corrected chi connectivity index (χ4v) is 2.99. The first-order chi connectivity index (χ1) is 10.1. The van der Waals surface area contributed by atoms with Crippen LogP contribution in [0.5, 0.6) is 0 Å². The van der Waals surface area contributed by atoms with Crippen LogP contribution in [-0.2, 0) is 6.42 Å². The van der Waals surface area contributed by atoms with Crippen LogP contribution >= 0.6 is 27.5 Å². The van der Waals surface area contributed by atoms with Crippen molar-refractivity contribution >= 4 is 38.4 Å². The Morgan fingerprint density at radius 1 is 1.10 bits per heavy atom. The highest BCUT2D eigenvalue weighted by atomic mass is 79.9. The molecule has 1 heterocycles. The molecule has 0 saturated heterocycles. The second-order valence-electron chi connectivity index (χ2n) is 4.92. The molecule has 0 N–H and O–H groups in total. The molecule has 0 fully saturated rings. The number of aromatic nitrogens is 2. The maximum atomic E-state index is 6.37. The van der Waals surface area contributed by atoms with Crippen LogP contribution in [-0.4, -0.2) is 9.97 Å². The minimum absolute atomic E-state index is 0.497. The van der Waals surface area contributed by atoms with Gasteiger partial charge in [-0.3, -0.25) is 0 Å². The summed E-state index contributed by atoms with van der Waals surface area (Å²) < 4.78 is 1.03. The van der Waals surface area contributed by atoms with Crippen molar-refractivity contribution in [3.8, 4) is 11.4 Å². The number of benzene rings is 2. The van der Waals surface area contributed by atoms with Gasteiger partial charge in [-0.1, -0.05) is 58.7 Å². The molecule has 21 heavy (non-hydrogen) atoms. The maximum absolute atomic E-state index is 6.37. The van der Waals surface area contributed by atoms with Crippen molar-refractivity contribution < 1.29 is 0 Å². The molecule has 2 nitrogen and oxygen atoms in total. The Labute approximate surface area is 137 Å². The molecule has 0 spiro atoms. The maximum Gasteiger partial charge on any atom is 0.161 e. The predicted octanol–water partition coefficient (Wildman–Crippen LogP) is 5.58. The molecule has 0 amide bonds. The van der Waals surface area contributed by atoms with E-state index in [1.807, 2.05) is 37.3 Å². The van der Waals surface area contributed by atoms with Crippen molar-refractivity contribution in [2.45, 2.75) is 20.3 Å². The van der Waals surface area contributed by atoms with Crippen molar-refractivity contribution in [3.63, 3.8) is 0 Å². The molecule has 0 saturated carbocycles. The molecular weight excluding hydrogens is 348 g/mol. The van der Waals surface area contributed by atoms with E-state index in [2.05, 4.69) is 33.9 Å². The molecule has 0 aliphatic carbocycles. The van der Waals surface area contributed by atoms with Crippen LogP contribution in [0.1, 0.15) is 18.1 Å². The quantitative estimate of drug-likeness (QED) is 0.557. The number of halogens is 2. The van der Waals surface area contributed by atoms with Gasteiger partial charge in [-0.05, 0) is 36.6 Å². The third kappa shape index (κ3) is 2.56. The first kappa shape index (κ1) is 14.5. The molecular formula is C17H14BrClN2. The van der Waals surface area contributed by atoms with Gasteiger partial charge >= 0.3 is 0 Å². The van der Waals surface area contributed by atoms with Gasteiger partial charge in [0.15, 0.2) is 5.82 Å². The van der Waals surface area contributed by atoms with Gasteiger partial charge < -0.3 is 0 Å². The standard InChI is InChI=1S/C17H14BrClN2/c1-3-11-6-4-5-7-12(11)17-20-15-10(2)14(18)9-8-13(15)16(19)21-17/h4-9H,3H2,1-2H3. The summed E-state index contributed by atoms with van der Waals surface area (Å²) in [6, 6.07) is 12.1. The summed E-state index contributed by atoms with van der Waals surface area (Å²) in [6.07, 6.45) is 0.937. The van der Waals surface area contributed by atoms with E-state index >= 15 is 0 Å². The Morgan fingerprint density at radius 3 is 2.62 bits per heavy atom. The van der Waals surface area contributed by atoms with Gasteiger partial charge in [-0.25, -0.2) is 9.97 Å². The van der Waals surface area contributed by atoms with Crippen LogP contribution in [0.25, 0.3) is 22.3 Å². The van der Waals surface area contributed by atoms with E-state index in [9.17, 15) is 0 Å². The number of fused-ring (bicyclic) bond motifs is 1. The number of nitrogens with zero attached hydrogens (tertiary/aromatic N) is 2. The summed E-state index contributed by atoms with van der Waals surface area (Å²) in [4.78, 5) is 9.24. The molecule has 3 aromatic rings. The smallest absolute Gasteiger partial charge is 0.161 e. The lowest BCUT2D eigenvalue weighted by Crippen LogP contribution is -1.97. The minimum Gasteiger partial charge on any atom is -0.228 e. The normalized spacial score (nSPS) is 11.0. The van der Waals surface area contributed by atoms with Gasteiger partial charge in [0.1, 0.15) is 5.15 Å². The Hall–Kier alpha value is -1.45. The van der Waals surface area contributed by atoms with Gasteiger partial charge in [-0.2, -0.15) is 0 Å². The minimum atomic E-state index is 0.497. The molecule has 0 bridgehead atoms. The van der Waals surface area contributed by atoms with Crippen molar-refractivity contribution in [2.75, 3.05) is 0 Å². The molecule has 0 aliphatic heterocycles. The van der Waals surface area contributed by atoms with Crippen LogP contribution in [0.4, 0.5) is 0 Å². The Kier molecular flexibility index (Phi) is 3.96. The lowest BCUT2D eigenvalue weighted by atomic mass is 10.0. The van der Waals surface area contributed by atoms with Crippen LogP contribution in [0.3, 0.4) is 0 Å². The van der Waals surface area contributed by atoms with E-state index in [-0.39, 0.29) is 0 Å². The van der Waals surface area contributed by atoms with Crippen LogP contribution in [0.2, 0.25) is 5.15 Å². The fraction of sp³-hybridized carbons (Fsp3) is 0.176. The first-order valence-corrected chi connectivity index (χ1v) is 7.99. The Bertz CT molecular complexity index is 830. The molecule has 0 aliphatic rings. The van der Waals surface area contributed by atoms with Crippen LogP contribution in [0, 0.1) is 6.92 Å². The van der Waals surface area contributed by atoms with E-state index in [0.717, 1.165) is 32.9 Å². The van der Waals surface area contributed by atoms with E-state index in [4.69, 9.17) is 16.6 Å². The average molecular weight is 362 g/mol. The Balaban J connectivity index is 2.32. The van der Waals surface area contributed by atoms with Gasteiger partial charge in [0.25, 0.3) is 0 Å². The largest absolute Gasteiger partial charge is 0.228 e. The van der Waals surface area contributed by atoms with Gasteiger partial charge in [0.2, 0.25) is 0 Å². The third-order valence-corrected chi connectivity index (χ3v) is 4.80. The summed E-state index contributed by atoms with van der Waals surface area (Å²) in [5.41, 5.74) is 4.24. The number of aryl methyl sites for hydroxylation is 2. The molecule has 0 radical (unpaired) electrons. The van der Waals surface area contributed by atoms with Crippen molar-refractivity contribution in [1.29, 1.82) is 0 Å². The molecule has 4 heteroatoms. The predicted molar refractivity (Wildman–Crippen MR) is 91.8 cm³/mol. The second-order valence-corrected chi connectivity index (χ2v) is 6.13. The van der Waals surface area contributed by atoms with Gasteiger partial charge in [0, 0.05) is 15.4 Å². The molecule has 1 aromatic heterocycles. The SMILES string of the molecule is CCc1ccccc1-c1nc(Cl)c2ccc(Br)c(C)c2n1. The van der Waals surface area contributed by atoms with Gasteiger partial charge in [-0.15, -0.1) is 0 Å². The summed E-state index contributed by atoms with van der Waals surface area (Å²) >= 11 is 9.91. The summed E-state index contributed by atoms with van der Waals surface area (Å²) in [5, 5.41) is 1.38. The number of rotatable bonds is 2. The van der Waals surface area contributed by atoms with Crippen molar-refractivity contribution in [2.24, 2.45) is 0 Å².